The number of imidazole rings is 1. The van der Waals surface area contributed by atoms with Gasteiger partial charge in [0.05, 0.1) is 41.8 Å². The van der Waals surface area contributed by atoms with Gasteiger partial charge >= 0.3 is 0 Å². The van der Waals surface area contributed by atoms with Crippen molar-refractivity contribution in [1.82, 2.24) is 24.7 Å². The number of sulfonamides is 1. The third-order valence-corrected chi connectivity index (χ3v) is 7.58. The Balaban J connectivity index is 1.48. The van der Waals surface area contributed by atoms with Gasteiger partial charge in [0.2, 0.25) is 10.0 Å². The zero-order valence-corrected chi connectivity index (χ0v) is 17.7. The number of rotatable bonds is 4. The van der Waals surface area contributed by atoms with E-state index in [-0.39, 0.29) is 11.8 Å². The third kappa shape index (κ3) is 3.94. The first-order chi connectivity index (χ1) is 15.0. The van der Waals surface area contributed by atoms with Crippen LogP contribution in [-0.4, -0.2) is 65.4 Å². The molecule has 11 heteroatoms. The van der Waals surface area contributed by atoms with Gasteiger partial charge in [-0.25, -0.2) is 27.8 Å². The first-order valence-electron chi connectivity index (χ1n) is 10.4. The van der Waals surface area contributed by atoms with Crippen molar-refractivity contribution in [3.05, 3.63) is 36.8 Å². The molecule has 2 unspecified atom stereocenters. The zero-order valence-electron chi connectivity index (χ0n) is 16.9. The van der Waals surface area contributed by atoms with Crippen molar-refractivity contribution in [2.24, 2.45) is 0 Å². The predicted molar refractivity (Wildman–Crippen MR) is 116 cm³/mol. The van der Waals surface area contributed by atoms with Crippen LogP contribution in [0.2, 0.25) is 0 Å². The summed E-state index contributed by atoms with van der Waals surface area (Å²) in [4.78, 5) is 13.3. The molecule has 0 saturated carbocycles. The summed E-state index contributed by atoms with van der Waals surface area (Å²) >= 11 is 0. The molecule has 0 spiro atoms. The van der Waals surface area contributed by atoms with Crippen LogP contribution in [-0.2, 0) is 10.0 Å². The van der Waals surface area contributed by atoms with Gasteiger partial charge < -0.3 is 10.6 Å². The monoisotopic (exact) mass is 445 g/mol. The average molecular weight is 446 g/mol. The smallest absolute Gasteiger partial charge is 0.236 e. The molecule has 2 aliphatic rings. The van der Waals surface area contributed by atoms with Crippen LogP contribution < -0.4 is 14.9 Å². The van der Waals surface area contributed by atoms with Crippen molar-refractivity contribution in [2.45, 2.75) is 31.5 Å². The molecule has 0 amide bonds. The maximum absolute atomic E-state index is 14.2. The molecule has 3 aromatic heterocycles. The van der Waals surface area contributed by atoms with Crippen LogP contribution in [0.1, 0.15) is 19.3 Å². The zero-order chi connectivity index (χ0) is 21.4. The fourth-order valence-electron chi connectivity index (χ4n) is 4.06. The Hall–Kier alpha value is -2.79. The molecule has 2 N–H and O–H groups in total. The Morgan fingerprint density at radius 3 is 2.94 bits per heavy atom. The summed E-state index contributed by atoms with van der Waals surface area (Å²) in [7, 11) is -3.36. The molecule has 164 valence electrons. The van der Waals surface area contributed by atoms with Crippen LogP contribution >= 0.6 is 0 Å². The minimum absolute atomic E-state index is 0.129. The second kappa shape index (κ2) is 8.04. The molecule has 0 aromatic carbocycles. The van der Waals surface area contributed by atoms with Gasteiger partial charge in [0.1, 0.15) is 12.0 Å². The van der Waals surface area contributed by atoms with Gasteiger partial charge in [-0.15, -0.1) is 0 Å². The number of nitrogens with one attached hydrogen (secondary N) is 2. The highest BCUT2D eigenvalue weighted by Crippen LogP contribution is 2.26. The van der Waals surface area contributed by atoms with Crippen molar-refractivity contribution >= 4 is 27.3 Å². The molecule has 31 heavy (non-hydrogen) atoms. The second-order valence-electron chi connectivity index (χ2n) is 7.88. The van der Waals surface area contributed by atoms with Gasteiger partial charge in [0.15, 0.2) is 11.5 Å². The molecule has 3 aromatic rings. The number of pyridine rings is 1. The summed E-state index contributed by atoms with van der Waals surface area (Å²) in [6.07, 6.45) is 5.94. The fraction of sp³-hybridized carbons (Fsp3) is 0.450. The van der Waals surface area contributed by atoms with Crippen molar-refractivity contribution in [1.29, 1.82) is 0 Å². The molecule has 5 rings (SSSR count). The normalized spacial score (nSPS) is 23.7. The maximum Gasteiger partial charge on any atom is 0.236 e. The summed E-state index contributed by atoms with van der Waals surface area (Å²) in [6, 6.07) is 5.17. The van der Waals surface area contributed by atoms with Gasteiger partial charge in [-0.1, -0.05) is 6.07 Å². The SMILES string of the molecule is O=S1(=O)CCCCN1c1cn2c(-c3cccc(NC4CNCCC4F)n3)cnc2cn1. The minimum atomic E-state index is -3.36. The third-order valence-electron chi connectivity index (χ3n) is 5.73. The van der Waals surface area contributed by atoms with Crippen molar-refractivity contribution in [3.63, 3.8) is 0 Å². The molecular weight excluding hydrogens is 421 g/mol. The number of hydrogen-bond donors (Lipinski definition) is 2. The Morgan fingerprint density at radius 1 is 1.19 bits per heavy atom. The molecule has 2 saturated heterocycles. The van der Waals surface area contributed by atoms with Crippen LogP contribution in [0.4, 0.5) is 16.0 Å². The van der Waals surface area contributed by atoms with Crippen molar-refractivity contribution < 1.29 is 12.8 Å². The molecule has 9 nitrogen and oxygen atoms in total. The number of anilines is 2. The number of alkyl halides is 1. The van der Waals surface area contributed by atoms with Crippen LogP contribution in [0.5, 0.6) is 0 Å². The van der Waals surface area contributed by atoms with E-state index in [1.807, 2.05) is 12.1 Å². The number of fused-ring (bicyclic) bond motifs is 1. The molecule has 5 heterocycles. The van der Waals surface area contributed by atoms with E-state index in [9.17, 15) is 12.8 Å². The van der Waals surface area contributed by atoms with Crippen molar-refractivity contribution in [2.75, 3.05) is 35.0 Å². The summed E-state index contributed by atoms with van der Waals surface area (Å²) in [5.74, 6) is 1.08. The van der Waals surface area contributed by atoms with Crippen LogP contribution in [0.3, 0.4) is 0 Å². The van der Waals surface area contributed by atoms with Gasteiger partial charge in [0, 0.05) is 13.1 Å². The lowest BCUT2D eigenvalue weighted by Crippen LogP contribution is -2.46. The summed E-state index contributed by atoms with van der Waals surface area (Å²) in [6.45, 7) is 1.64. The first kappa shape index (κ1) is 20.1. The molecule has 0 aliphatic carbocycles. The Labute approximate surface area is 179 Å². The summed E-state index contributed by atoms with van der Waals surface area (Å²) in [5.41, 5.74) is 1.94. The first-order valence-corrected chi connectivity index (χ1v) is 12.0. The molecule has 2 fully saturated rings. The van der Waals surface area contributed by atoms with E-state index in [2.05, 4.69) is 25.6 Å². The molecule has 0 radical (unpaired) electrons. The van der Waals surface area contributed by atoms with Crippen molar-refractivity contribution in [3.8, 4) is 11.4 Å². The Morgan fingerprint density at radius 2 is 2.10 bits per heavy atom. The van der Waals surface area contributed by atoms with E-state index >= 15 is 0 Å². The van der Waals surface area contributed by atoms with E-state index in [0.29, 0.717) is 61.1 Å². The molecular formula is C20H24FN7O2S. The lowest BCUT2D eigenvalue weighted by Gasteiger charge is -2.28. The number of aromatic nitrogens is 4. The molecule has 2 aliphatic heterocycles. The van der Waals surface area contributed by atoms with Gasteiger partial charge in [-0.05, 0) is 37.9 Å². The Bertz CT molecular complexity index is 1200. The number of halogens is 1. The van der Waals surface area contributed by atoms with Gasteiger partial charge in [0.25, 0.3) is 0 Å². The van der Waals surface area contributed by atoms with Gasteiger partial charge in [-0.2, -0.15) is 0 Å². The van der Waals surface area contributed by atoms with E-state index in [1.165, 1.54) is 4.31 Å². The van der Waals surface area contributed by atoms with Crippen LogP contribution in [0, 0.1) is 0 Å². The minimum Gasteiger partial charge on any atom is -0.363 e. The number of piperidine rings is 1. The summed E-state index contributed by atoms with van der Waals surface area (Å²) in [5, 5.41) is 6.37. The maximum atomic E-state index is 14.2. The highest BCUT2D eigenvalue weighted by molar-refractivity contribution is 7.92. The highest BCUT2D eigenvalue weighted by Gasteiger charge is 2.28. The largest absolute Gasteiger partial charge is 0.363 e. The topological polar surface area (TPSA) is 105 Å². The fourth-order valence-corrected chi connectivity index (χ4v) is 5.64. The van der Waals surface area contributed by atoms with E-state index in [1.54, 1.807) is 29.1 Å². The second-order valence-corrected chi connectivity index (χ2v) is 9.89. The number of nitrogens with zero attached hydrogens (tertiary/aromatic N) is 5. The average Bonchev–Trinajstić information content (AvgIpc) is 3.18. The molecule has 2 atom stereocenters. The quantitative estimate of drug-likeness (QED) is 0.631. The summed E-state index contributed by atoms with van der Waals surface area (Å²) < 4.78 is 42.3. The Kier molecular flexibility index (Phi) is 5.22. The standard InChI is InChI=1S/C20H24FN7O2S/c21-14-6-7-22-10-16(14)26-18-5-3-4-15(25-18)17-11-23-19-12-24-20(13-27(17)19)28-8-1-2-9-31(28,29)30/h3-5,11-14,16,22H,1-2,6-10H2,(H,25,26). The lowest BCUT2D eigenvalue weighted by molar-refractivity contribution is 0.241. The van der Waals surface area contributed by atoms with Gasteiger partial charge in [-0.3, -0.25) is 8.71 Å². The molecule has 0 bridgehead atoms. The predicted octanol–water partition coefficient (Wildman–Crippen LogP) is 1.83. The van der Waals surface area contributed by atoms with E-state index in [4.69, 9.17) is 0 Å². The lowest BCUT2D eigenvalue weighted by atomic mass is 10.1. The van der Waals surface area contributed by atoms with E-state index in [0.717, 1.165) is 6.42 Å². The van der Waals surface area contributed by atoms with Crippen LogP contribution in [0.15, 0.2) is 36.8 Å². The van der Waals surface area contributed by atoms with Crippen LogP contribution in [0.25, 0.3) is 17.0 Å². The highest BCUT2D eigenvalue weighted by atomic mass is 32.2. The number of hydrogen-bond acceptors (Lipinski definition) is 7. The van der Waals surface area contributed by atoms with E-state index < -0.39 is 16.2 Å².